The quantitative estimate of drug-likeness (QED) is 0.662. The second-order valence-electron chi connectivity index (χ2n) is 5.26. The van der Waals surface area contributed by atoms with E-state index in [0.717, 1.165) is 13.1 Å². The highest BCUT2D eigenvalue weighted by Gasteiger charge is 2.15. The minimum Gasteiger partial charge on any atom is -0.332 e. The van der Waals surface area contributed by atoms with E-state index in [-0.39, 0.29) is 5.91 Å². The van der Waals surface area contributed by atoms with Crippen molar-refractivity contribution in [2.75, 3.05) is 13.1 Å². The smallest absolute Gasteiger partial charge is 0.224 e. The van der Waals surface area contributed by atoms with Crippen LogP contribution < -0.4 is 5.32 Å². The molecule has 0 unspecified atom stereocenters. The Bertz CT molecular complexity index is 487. The fourth-order valence-corrected chi connectivity index (χ4v) is 3.63. The molecule has 2 rings (SSSR count). The van der Waals surface area contributed by atoms with E-state index < -0.39 is 0 Å². The van der Waals surface area contributed by atoms with Crippen molar-refractivity contribution in [3.8, 4) is 0 Å². The Kier molecular flexibility index (Phi) is 7.63. The summed E-state index contributed by atoms with van der Waals surface area (Å²) in [5.74, 6) is 0.228. The van der Waals surface area contributed by atoms with Gasteiger partial charge in [0.2, 0.25) is 5.91 Å². The molecule has 0 atom stereocenters. The summed E-state index contributed by atoms with van der Waals surface area (Å²) in [5.41, 5.74) is 0. The zero-order valence-corrected chi connectivity index (χ0v) is 14.7. The number of carbonyl (C=O) groups excluding carboxylic acids is 1. The lowest BCUT2D eigenvalue weighted by Crippen LogP contribution is -2.32. The van der Waals surface area contributed by atoms with Gasteiger partial charge in [-0.2, -0.15) is 0 Å². The summed E-state index contributed by atoms with van der Waals surface area (Å²) in [4.78, 5) is 17.0. The summed E-state index contributed by atoms with van der Waals surface area (Å²) in [7, 11) is 0. The summed E-state index contributed by atoms with van der Waals surface area (Å²) in [6.07, 6.45) is 2.92. The van der Waals surface area contributed by atoms with E-state index in [9.17, 15) is 4.79 Å². The molecular formula is C17H24N2OS2. The Labute approximate surface area is 141 Å². The summed E-state index contributed by atoms with van der Waals surface area (Å²) in [6.45, 7) is 5.37. The average molecular weight is 337 g/mol. The van der Waals surface area contributed by atoms with Gasteiger partial charge in [0.1, 0.15) is 0 Å². The fraction of sp³-hybridized carbons (Fsp3) is 0.471. The normalized spacial score (nSPS) is 10.8. The van der Waals surface area contributed by atoms with Crippen LogP contribution in [0.3, 0.4) is 0 Å². The second-order valence-corrected chi connectivity index (χ2v) is 7.33. The van der Waals surface area contributed by atoms with Crippen LogP contribution >= 0.6 is 22.7 Å². The number of hydrogen-bond donors (Lipinski definition) is 1. The number of thiophene rings is 2. The van der Waals surface area contributed by atoms with Crippen LogP contribution in [-0.2, 0) is 17.9 Å². The minimum absolute atomic E-state index is 0.228. The first kappa shape index (κ1) is 17.2. The van der Waals surface area contributed by atoms with E-state index in [2.05, 4.69) is 35.1 Å². The second kappa shape index (κ2) is 9.77. The number of hydrogen-bond acceptors (Lipinski definition) is 4. The Morgan fingerprint density at radius 3 is 2.23 bits per heavy atom. The van der Waals surface area contributed by atoms with Crippen LogP contribution in [0.15, 0.2) is 35.0 Å². The van der Waals surface area contributed by atoms with Crippen molar-refractivity contribution in [2.45, 2.75) is 39.3 Å². The predicted molar refractivity (Wildman–Crippen MR) is 95.3 cm³/mol. The lowest BCUT2D eigenvalue weighted by Gasteiger charge is -2.21. The molecule has 0 aliphatic heterocycles. The van der Waals surface area contributed by atoms with Crippen molar-refractivity contribution in [1.82, 2.24) is 10.2 Å². The highest BCUT2D eigenvalue weighted by atomic mass is 32.1. The molecule has 120 valence electrons. The molecule has 0 radical (unpaired) electrons. The molecule has 0 saturated carbocycles. The van der Waals surface area contributed by atoms with E-state index >= 15 is 0 Å². The average Bonchev–Trinajstić information content (AvgIpc) is 3.20. The van der Waals surface area contributed by atoms with Gasteiger partial charge in [0.05, 0.1) is 13.1 Å². The molecule has 0 aliphatic carbocycles. The first-order valence-electron chi connectivity index (χ1n) is 7.83. The molecule has 22 heavy (non-hydrogen) atoms. The highest BCUT2D eigenvalue weighted by Crippen LogP contribution is 2.17. The third-order valence-corrected chi connectivity index (χ3v) is 5.15. The molecule has 2 heterocycles. The monoisotopic (exact) mass is 336 g/mol. The van der Waals surface area contributed by atoms with E-state index in [4.69, 9.17) is 0 Å². The largest absolute Gasteiger partial charge is 0.332 e. The predicted octanol–water partition coefficient (Wildman–Crippen LogP) is 4.12. The minimum atomic E-state index is 0.228. The van der Waals surface area contributed by atoms with Gasteiger partial charge in [0.15, 0.2) is 0 Å². The number of unbranched alkanes of at least 4 members (excludes halogenated alkanes) is 1. The van der Waals surface area contributed by atoms with E-state index in [1.807, 2.05) is 17.0 Å². The zero-order valence-electron chi connectivity index (χ0n) is 13.1. The van der Waals surface area contributed by atoms with Gasteiger partial charge in [-0.15, -0.1) is 22.7 Å². The van der Waals surface area contributed by atoms with Crippen LogP contribution in [0.4, 0.5) is 0 Å². The zero-order chi connectivity index (χ0) is 15.6. The molecule has 5 heteroatoms. The molecule has 0 fully saturated rings. The Morgan fingerprint density at radius 1 is 1.09 bits per heavy atom. The van der Waals surface area contributed by atoms with Crippen LogP contribution in [0.25, 0.3) is 0 Å². The van der Waals surface area contributed by atoms with Gasteiger partial charge in [-0.3, -0.25) is 4.79 Å². The van der Waals surface area contributed by atoms with Gasteiger partial charge < -0.3 is 10.2 Å². The van der Waals surface area contributed by atoms with Gasteiger partial charge in [-0.25, -0.2) is 0 Å². The maximum absolute atomic E-state index is 12.5. The van der Waals surface area contributed by atoms with Gasteiger partial charge >= 0.3 is 0 Å². The van der Waals surface area contributed by atoms with Crippen LogP contribution in [0.5, 0.6) is 0 Å². The molecule has 3 nitrogen and oxygen atoms in total. The molecular weight excluding hydrogens is 312 g/mol. The summed E-state index contributed by atoms with van der Waals surface area (Å²) in [6, 6.07) is 8.28. The number of carbonyl (C=O) groups is 1. The lowest BCUT2D eigenvalue weighted by atomic mass is 10.3. The lowest BCUT2D eigenvalue weighted by molar-refractivity contribution is -0.132. The van der Waals surface area contributed by atoms with Gasteiger partial charge in [-0.05, 0) is 35.9 Å². The van der Waals surface area contributed by atoms with Gasteiger partial charge in [-0.1, -0.05) is 25.5 Å². The van der Waals surface area contributed by atoms with E-state index in [1.165, 1.54) is 22.6 Å². The maximum atomic E-state index is 12.5. The van der Waals surface area contributed by atoms with Crippen molar-refractivity contribution < 1.29 is 4.79 Å². The summed E-state index contributed by atoms with van der Waals surface area (Å²) >= 11 is 3.42. The van der Waals surface area contributed by atoms with Crippen LogP contribution in [0.2, 0.25) is 0 Å². The molecule has 0 aromatic carbocycles. The molecule has 0 spiro atoms. The van der Waals surface area contributed by atoms with Crippen LogP contribution in [0.1, 0.15) is 35.9 Å². The van der Waals surface area contributed by atoms with Crippen molar-refractivity contribution >= 4 is 28.6 Å². The Balaban J connectivity index is 1.86. The number of nitrogens with one attached hydrogen (secondary N) is 1. The van der Waals surface area contributed by atoms with Crippen LogP contribution in [-0.4, -0.2) is 23.9 Å². The molecule has 0 saturated heterocycles. The topological polar surface area (TPSA) is 32.3 Å². The van der Waals surface area contributed by atoms with E-state index in [0.29, 0.717) is 19.5 Å². The van der Waals surface area contributed by atoms with Crippen molar-refractivity contribution in [3.63, 3.8) is 0 Å². The number of amides is 1. The molecule has 2 aromatic heterocycles. The SMILES string of the molecule is CCCCNCCC(=O)N(Cc1cccs1)Cc1cccs1. The molecule has 1 N–H and O–H groups in total. The maximum Gasteiger partial charge on any atom is 0.224 e. The highest BCUT2D eigenvalue weighted by molar-refractivity contribution is 7.10. The van der Waals surface area contributed by atoms with E-state index in [1.54, 1.807) is 22.7 Å². The van der Waals surface area contributed by atoms with Crippen molar-refractivity contribution in [2.24, 2.45) is 0 Å². The molecule has 0 bridgehead atoms. The molecule has 1 amide bonds. The summed E-state index contributed by atoms with van der Waals surface area (Å²) < 4.78 is 0. The Hall–Kier alpha value is -1.17. The first-order valence-corrected chi connectivity index (χ1v) is 9.58. The number of rotatable bonds is 10. The van der Waals surface area contributed by atoms with Gasteiger partial charge in [0, 0.05) is 22.7 Å². The molecule has 0 aliphatic rings. The Morgan fingerprint density at radius 2 is 1.73 bits per heavy atom. The van der Waals surface area contributed by atoms with Crippen molar-refractivity contribution in [1.29, 1.82) is 0 Å². The fourth-order valence-electron chi connectivity index (χ4n) is 2.19. The third-order valence-electron chi connectivity index (χ3n) is 3.43. The van der Waals surface area contributed by atoms with Crippen LogP contribution in [0, 0.1) is 0 Å². The van der Waals surface area contributed by atoms with Crippen molar-refractivity contribution in [3.05, 3.63) is 44.8 Å². The molecule has 2 aromatic rings. The third kappa shape index (κ3) is 5.91. The number of nitrogens with zero attached hydrogens (tertiary/aromatic N) is 1. The van der Waals surface area contributed by atoms with Gasteiger partial charge in [0.25, 0.3) is 0 Å². The standard InChI is InChI=1S/C17H24N2OS2/c1-2-3-9-18-10-8-17(20)19(13-15-6-4-11-21-15)14-16-7-5-12-22-16/h4-7,11-12,18H,2-3,8-10,13-14H2,1H3. The first-order chi connectivity index (χ1) is 10.8. The summed E-state index contributed by atoms with van der Waals surface area (Å²) in [5, 5.41) is 7.48.